The van der Waals surface area contributed by atoms with Gasteiger partial charge in [0, 0.05) is 32.2 Å². The van der Waals surface area contributed by atoms with Gasteiger partial charge in [-0.1, -0.05) is 44.0 Å². The Morgan fingerprint density at radius 3 is 2.70 bits per heavy atom. The standard InChI is InChI=1S/C16H24ClFN2/c1-3-5-12(2)16(20-10-8-19-9-11-20)13-6-4-7-14(18)15(13)17/h4,6-7,12,16,19H,3,5,8-11H2,1-2H3/t12?,16-/m1/s1. The van der Waals surface area contributed by atoms with Gasteiger partial charge in [0.2, 0.25) is 0 Å². The Balaban J connectivity index is 2.31. The van der Waals surface area contributed by atoms with Crippen molar-refractivity contribution in [2.45, 2.75) is 32.7 Å². The van der Waals surface area contributed by atoms with Crippen molar-refractivity contribution in [3.8, 4) is 0 Å². The first-order chi connectivity index (χ1) is 9.65. The van der Waals surface area contributed by atoms with E-state index < -0.39 is 0 Å². The topological polar surface area (TPSA) is 15.3 Å². The van der Waals surface area contributed by atoms with E-state index in [4.69, 9.17) is 11.6 Å². The van der Waals surface area contributed by atoms with Crippen LogP contribution in [0.25, 0.3) is 0 Å². The molecule has 0 saturated carbocycles. The molecule has 0 spiro atoms. The summed E-state index contributed by atoms with van der Waals surface area (Å²) in [4.78, 5) is 2.44. The largest absolute Gasteiger partial charge is 0.314 e. The van der Waals surface area contributed by atoms with E-state index in [2.05, 4.69) is 24.1 Å². The molecule has 1 fully saturated rings. The number of halogens is 2. The molecule has 1 heterocycles. The third kappa shape index (κ3) is 3.51. The highest BCUT2D eigenvalue weighted by Crippen LogP contribution is 2.36. The Labute approximate surface area is 126 Å². The van der Waals surface area contributed by atoms with Crippen LogP contribution in [0.4, 0.5) is 4.39 Å². The average molecular weight is 299 g/mol. The first kappa shape index (κ1) is 15.7. The predicted octanol–water partition coefficient (Wildman–Crippen LogP) is 3.86. The van der Waals surface area contributed by atoms with Crippen LogP contribution in [0.3, 0.4) is 0 Å². The van der Waals surface area contributed by atoms with Crippen molar-refractivity contribution in [2.75, 3.05) is 26.2 Å². The second-order valence-electron chi connectivity index (χ2n) is 5.64. The zero-order valence-corrected chi connectivity index (χ0v) is 13.1. The van der Waals surface area contributed by atoms with Gasteiger partial charge in [-0.25, -0.2) is 4.39 Å². The summed E-state index contributed by atoms with van der Waals surface area (Å²) in [5.41, 5.74) is 0.939. The zero-order chi connectivity index (χ0) is 14.5. The lowest BCUT2D eigenvalue weighted by molar-refractivity contribution is 0.126. The highest BCUT2D eigenvalue weighted by molar-refractivity contribution is 6.31. The van der Waals surface area contributed by atoms with Gasteiger partial charge in [-0.05, 0) is 24.0 Å². The van der Waals surface area contributed by atoms with Crippen LogP contribution in [0, 0.1) is 11.7 Å². The lowest BCUT2D eigenvalue weighted by Gasteiger charge is -2.39. The summed E-state index contributed by atoms with van der Waals surface area (Å²) in [5, 5.41) is 3.66. The number of nitrogens with zero attached hydrogens (tertiary/aromatic N) is 1. The van der Waals surface area contributed by atoms with Crippen molar-refractivity contribution >= 4 is 11.6 Å². The molecule has 0 amide bonds. The number of hydrogen-bond acceptors (Lipinski definition) is 2. The first-order valence-corrected chi connectivity index (χ1v) is 7.91. The molecule has 2 nitrogen and oxygen atoms in total. The maximum Gasteiger partial charge on any atom is 0.142 e. The third-order valence-corrected chi connectivity index (χ3v) is 4.53. The molecule has 112 valence electrons. The van der Waals surface area contributed by atoms with Crippen molar-refractivity contribution in [3.63, 3.8) is 0 Å². The Kier molecular flexibility index (Phi) is 5.82. The van der Waals surface area contributed by atoms with Crippen LogP contribution in [0.1, 0.15) is 38.3 Å². The van der Waals surface area contributed by atoms with Crippen molar-refractivity contribution in [2.24, 2.45) is 5.92 Å². The zero-order valence-electron chi connectivity index (χ0n) is 12.3. The molecule has 1 N–H and O–H groups in total. The van der Waals surface area contributed by atoms with Gasteiger partial charge in [-0.2, -0.15) is 0 Å². The van der Waals surface area contributed by atoms with Gasteiger partial charge in [0.25, 0.3) is 0 Å². The molecule has 1 aromatic rings. The van der Waals surface area contributed by atoms with E-state index in [0.29, 0.717) is 10.9 Å². The van der Waals surface area contributed by atoms with Crippen LogP contribution in [-0.4, -0.2) is 31.1 Å². The number of piperazine rings is 1. The van der Waals surface area contributed by atoms with Crippen molar-refractivity contribution in [3.05, 3.63) is 34.6 Å². The Bertz CT molecular complexity index is 432. The van der Waals surface area contributed by atoms with Gasteiger partial charge >= 0.3 is 0 Å². The van der Waals surface area contributed by atoms with Gasteiger partial charge in [-0.15, -0.1) is 0 Å². The number of hydrogen-bond donors (Lipinski definition) is 1. The summed E-state index contributed by atoms with van der Waals surface area (Å²) in [6.07, 6.45) is 2.26. The minimum absolute atomic E-state index is 0.209. The van der Waals surface area contributed by atoms with E-state index in [1.165, 1.54) is 6.07 Å². The van der Waals surface area contributed by atoms with E-state index in [1.54, 1.807) is 6.07 Å². The predicted molar refractivity (Wildman–Crippen MR) is 82.7 cm³/mol. The second-order valence-corrected chi connectivity index (χ2v) is 6.02. The molecule has 0 aliphatic carbocycles. The molecule has 1 unspecified atom stereocenters. The molecule has 0 aromatic heterocycles. The minimum atomic E-state index is -0.312. The van der Waals surface area contributed by atoms with E-state index in [0.717, 1.165) is 44.6 Å². The highest BCUT2D eigenvalue weighted by Gasteiger charge is 2.29. The molecule has 0 bridgehead atoms. The van der Waals surface area contributed by atoms with Crippen molar-refractivity contribution in [1.29, 1.82) is 0 Å². The van der Waals surface area contributed by atoms with Gasteiger partial charge in [-0.3, -0.25) is 4.90 Å². The maximum absolute atomic E-state index is 13.8. The lowest BCUT2D eigenvalue weighted by Crippen LogP contribution is -2.46. The van der Waals surface area contributed by atoms with Gasteiger partial charge in [0.05, 0.1) is 5.02 Å². The fourth-order valence-corrected chi connectivity index (χ4v) is 3.42. The van der Waals surface area contributed by atoms with Gasteiger partial charge in [0.1, 0.15) is 5.82 Å². The average Bonchev–Trinajstić information content (AvgIpc) is 2.45. The molecule has 1 aliphatic rings. The Morgan fingerprint density at radius 1 is 1.35 bits per heavy atom. The summed E-state index contributed by atoms with van der Waals surface area (Å²) in [6.45, 7) is 8.40. The first-order valence-electron chi connectivity index (χ1n) is 7.53. The monoisotopic (exact) mass is 298 g/mol. The van der Waals surface area contributed by atoms with Crippen LogP contribution in [-0.2, 0) is 0 Å². The number of rotatable bonds is 5. The van der Waals surface area contributed by atoms with E-state index in [1.807, 2.05) is 6.07 Å². The summed E-state index contributed by atoms with van der Waals surface area (Å²) < 4.78 is 13.8. The molecule has 0 radical (unpaired) electrons. The molecule has 4 heteroatoms. The summed E-state index contributed by atoms with van der Waals surface area (Å²) >= 11 is 6.23. The van der Waals surface area contributed by atoms with Crippen LogP contribution in [0.2, 0.25) is 5.02 Å². The Hall–Kier alpha value is -0.640. The van der Waals surface area contributed by atoms with Crippen molar-refractivity contribution in [1.82, 2.24) is 10.2 Å². The fourth-order valence-electron chi connectivity index (χ4n) is 3.19. The maximum atomic E-state index is 13.8. The molecule has 20 heavy (non-hydrogen) atoms. The fraction of sp³-hybridized carbons (Fsp3) is 0.625. The van der Waals surface area contributed by atoms with E-state index >= 15 is 0 Å². The second kappa shape index (κ2) is 7.39. The molecule has 1 saturated heterocycles. The normalized spacial score (nSPS) is 19.8. The van der Waals surface area contributed by atoms with E-state index in [9.17, 15) is 4.39 Å². The number of benzene rings is 1. The van der Waals surface area contributed by atoms with Crippen LogP contribution in [0.5, 0.6) is 0 Å². The SMILES string of the molecule is CCCC(C)[C@H](c1cccc(F)c1Cl)N1CCNCC1. The summed E-state index contributed by atoms with van der Waals surface area (Å²) in [7, 11) is 0. The minimum Gasteiger partial charge on any atom is -0.314 e. The van der Waals surface area contributed by atoms with Crippen LogP contribution < -0.4 is 5.32 Å². The molecular weight excluding hydrogens is 275 g/mol. The van der Waals surface area contributed by atoms with E-state index in [-0.39, 0.29) is 11.9 Å². The highest BCUT2D eigenvalue weighted by atomic mass is 35.5. The summed E-state index contributed by atoms with van der Waals surface area (Å²) in [5.74, 6) is 0.158. The van der Waals surface area contributed by atoms with Crippen molar-refractivity contribution < 1.29 is 4.39 Å². The molecule has 1 aliphatic heterocycles. The smallest absolute Gasteiger partial charge is 0.142 e. The molecule has 2 rings (SSSR count). The van der Waals surface area contributed by atoms with Gasteiger partial charge in [0.15, 0.2) is 0 Å². The van der Waals surface area contributed by atoms with Crippen LogP contribution >= 0.6 is 11.6 Å². The molecule has 1 aromatic carbocycles. The molecule has 2 atom stereocenters. The molecular formula is C16H24ClFN2. The lowest BCUT2D eigenvalue weighted by atomic mass is 9.89. The third-order valence-electron chi connectivity index (χ3n) is 4.13. The Morgan fingerprint density at radius 2 is 2.05 bits per heavy atom. The van der Waals surface area contributed by atoms with Crippen LogP contribution in [0.15, 0.2) is 18.2 Å². The number of nitrogens with one attached hydrogen (secondary N) is 1. The quantitative estimate of drug-likeness (QED) is 0.888. The van der Waals surface area contributed by atoms with Gasteiger partial charge < -0.3 is 5.32 Å². The summed E-state index contributed by atoms with van der Waals surface area (Å²) in [6, 6.07) is 5.39.